The van der Waals surface area contributed by atoms with Crippen molar-refractivity contribution in [3.8, 4) is 10.4 Å². The van der Waals surface area contributed by atoms with Crippen LogP contribution in [-0.2, 0) is 11.3 Å². The number of H-pyrrole nitrogens is 1. The van der Waals surface area contributed by atoms with Crippen molar-refractivity contribution in [2.75, 3.05) is 0 Å². The number of carboxylic acids is 1. The third-order valence-electron chi connectivity index (χ3n) is 2.10. The summed E-state index contributed by atoms with van der Waals surface area (Å²) < 4.78 is 0.957. The van der Waals surface area contributed by atoms with Crippen LogP contribution >= 0.6 is 11.3 Å². The number of nitrogens with one attached hydrogen (secondary N) is 1. The Morgan fingerprint density at radius 2 is 2.24 bits per heavy atom. The van der Waals surface area contributed by atoms with Gasteiger partial charge in [0.15, 0.2) is 0 Å². The van der Waals surface area contributed by atoms with Gasteiger partial charge >= 0.3 is 11.7 Å². The zero-order valence-corrected chi connectivity index (χ0v) is 9.36. The van der Waals surface area contributed by atoms with Crippen LogP contribution in [0.2, 0.25) is 0 Å². The van der Waals surface area contributed by atoms with Crippen LogP contribution in [0.25, 0.3) is 10.4 Å². The van der Waals surface area contributed by atoms with E-state index in [4.69, 9.17) is 5.11 Å². The molecule has 2 rings (SSSR count). The molecular weight excluding hydrogens is 244 g/mol. The largest absolute Gasteiger partial charge is 0.480 e. The van der Waals surface area contributed by atoms with Crippen molar-refractivity contribution < 1.29 is 9.90 Å². The molecule has 17 heavy (non-hydrogen) atoms. The summed E-state index contributed by atoms with van der Waals surface area (Å²) in [6, 6.07) is 3.50. The second-order valence-electron chi connectivity index (χ2n) is 3.30. The summed E-state index contributed by atoms with van der Waals surface area (Å²) in [5.41, 5.74) is -0.947. The van der Waals surface area contributed by atoms with Crippen molar-refractivity contribution in [2.24, 2.45) is 0 Å². The second-order valence-corrected chi connectivity index (χ2v) is 4.25. The Bertz CT molecular complexity index is 654. The average molecular weight is 252 g/mol. The number of aromatic nitrogens is 2. The first-order valence-corrected chi connectivity index (χ1v) is 5.55. The molecule has 2 aromatic heterocycles. The fraction of sp³-hybridized carbons (Fsp3) is 0.100. The summed E-state index contributed by atoms with van der Waals surface area (Å²) in [6.07, 6.45) is 1.26. The quantitative estimate of drug-likeness (QED) is 0.824. The van der Waals surface area contributed by atoms with Gasteiger partial charge in [-0.1, -0.05) is 6.07 Å². The third-order valence-corrected chi connectivity index (χ3v) is 3.01. The Hall–Kier alpha value is -2.15. The summed E-state index contributed by atoms with van der Waals surface area (Å²) >= 11 is 1.34. The monoisotopic (exact) mass is 252 g/mol. The van der Waals surface area contributed by atoms with Crippen LogP contribution in [0.5, 0.6) is 0 Å². The average Bonchev–Trinajstić information content (AvgIpc) is 2.74. The van der Waals surface area contributed by atoms with Gasteiger partial charge in [-0.15, -0.1) is 11.3 Å². The minimum absolute atomic E-state index is 0.292. The summed E-state index contributed by atoms with van der Waals surface area (Å²) in [5, 5.41) is 10.4. The van der Waals surface area contributed by atoms with Gasteiger partial charge in [-0.2, -0.15) is 0 Å². The van der Waals surface area contributed by atoms with Crippen molar-refractivity contribution >= 4 is 17.3 Å². The molecule has 0 bridgehead atoms. The summed E-state index contributed by atoms with van der Waals surface area (Å²) in [4.78, 5) is 36.2. The number of carboxylic acid groups (broad SMARTS) is 1. The van der Waals surface area contributed by atoms with Gasteiger partial charge in [0, 0.05) is 11.1 Å². The molecule has 0 aliphatic heterocycles. The molecule has 0 aromatic carbocycles. The van der Waals surface area contributed by atoms with Crippen LogP contribution in [0, 0.1) is 0 Å². The molecule has 6 nitrogen and oxygen atoms in total. The van der Waals surface area contributed by atoms with Crippen molar-refractivity contribution in [3.05, 3.63) is 44.5 Å². The fourth-order valence-corrected chi connectivity index (χ4v) is 2.11. The number of hydrogen-bond donors (Lipinski definition) is 2. The number of hydrogen-bond acceptors (Lipinski definition) is 4. The lowest BCUT2D eigenvalue weighted by molar-refractivity contribution is -0.137. The molecule has 0 fully saturated rings. The Balaban J connectivity index is 2.58. The number of rotatable bonds is 3. The molecule has 0 atom stereocenters. The normalized spacial score (nSPS) is 10.4. The van der Waals surface area contributed by atoms with Gasteiger partial charge in [-0.25, -0.2) is 4.79 Å². The maximum atomic E-state index is 11.6. The van der Waals surface area contributed by atoms with Crippen molar-refractivity contribution in [1.82, 2.24) is 9.55 Å². The van der Waals surface area contributed by atoms with Gasteiger partial charge in [-0.3, -0.25) is 19.1 Å². The van der Waals surface area contributed by atoms with Gasteiger partial charge in [0.2, 0.25) is 0 Å². The van der Waals surface area contributed by atoms with Gasteiger partial charge in [0.1, 0.15) is 6.54 Å². The van der Waals surface area contributed by atoms with E-state index in [-0.39, 0.29) is 0 Å². The van der Waals surface area contributed by atoms with Crippen LogP contribution < -0.4 is 11.2 Å². The lowest BCUT2D eigenvalue weighted by Crippen LogP contribution is -2.32. The van der Waals surface area contributed by atoms with Crippen LogP contribution in [0.15, 0.2) is 33.3 Å². The van der Waals surface area contributed by atoms with E-state index in [0.29, 0.717) is 10.4 Å². The molecule has 0 radical (unpaired) electrons. The second kappa shape index (κ2) is 4.38. The molecule has 7 heteroatoms. The van der Waals surface area contributed by atoms with Gasteiger partial charge < -0.3 is 5.11 Å². The molecule has 2 heterocycles. The molecule has 0 saturated heterocycles. The van der Waals surface area contributed by atoms with Gasteiger partial charge in [0.25, 0.3) is 5.56 Å². The predicted molar refractivity (Wildman–Crippen MR) is 62.3 cm³/mol. The van der Waals surface area contributed by atoms with E-state index in [9.17, 15) is 14.4 Å². The highest BCUT2D eigenvalue weighted by molar-refractivity contribution is 7.13. The number of aliphatic carboxylic acids is 1. The lowest BCUT2D eigenvalue weighted by Gasteiger charge is -2.03. The van der Waals surface area contributed by atoms with E-state index >= 15 is 0 Å². The van der Waals surface area contributed by atoms with E-state index in [2.05, 4.69) is 4.98 Å². The fourth-order valence-electron chi connectivity index (χ4n) is 1.38. The smallest absolute Gasteiger partial charge is 0.328 e. The Labute approximate surface area is 98.8 Å². The number of thiophene rings is 1. The summed E-state index contributed by atoms with van der Waals surface area (Å²) in [6.45, 7) is -0.478. The highest BCUT2D eigenvalue weighted by atomic mass is 32.1. The third kappa shape index (κ3) is 2.34. The summed E-state index contributed by atoms with van der Waals surface area (Å²) in [5.74, 6) is -1.14. The van der Waals surface area contributed by atoms with Crippen LogP contribution in [-0.4, -0.2) is 20.6 Å². The summed E-state index contributed by atoms with van der Waals surface area (Å²) in [7, 11) is 0. The molecule has 0 aliphatic carbocycles. The minimum atomic E-state index is -1.14. The zero-order chi connectivity index (χ0) is 12.4. The van der Waals surface area contributed by atoms with Crippen molar-refractivity contribution in [3.63, 3.8) is 0 Å². The van der Waals surface area contributed by atoms with Crippen molar-refractivity contribution in [1.29, 1.82) is 0 Å². The zero-order valence-electron chi connectivity index (χ0n) is 8.54. The van der Waals surface area contributed by atoms with Gasteiger partial charge in [0.05, 0.1) is 5.56 Å². The topological polar surface area (TPSA) is 92.2 Å². The Kier molecular flexibility index (Phi) is 2.92. The predicted octanol–water partition coefficient (Wildman–Crippen LogP) is 0.350. The standard InChI is InChI=1S/C10H8N2O4S/c13-8(14)5-12-4-6(7-2-1-3-17-7)9(15)11-10(12)16/h1-4H,5H2,(H,13,14)(H,11,15,16). The molecule has 2 aromatic rings. The number of aromatic amines is 1. The lowest BCUT2D eigenvalue weighted by atomic mass is 10.3. The minimum Gasteiger partial charge on any atom is -0.480 e. The first-order valence-electron chi connectivity index (χ1n) is 4.67. The maximum Gasteiger partial charge on any atom is 0.328 e. The van der Waals surface area contributed by atoms with Crippen LogP contribution in [0.4, 0.5) is 0 Å². The molecule has 0 aliphatic rings. The van der Waals surface area contributed by atoms with Gasteiger partial charge in [-0.05, 0) is 11.4 Å². The molecule has 88 valence electrons. The van der Waals surface area contributed by atoms with Crippen LogP contribution in [0.1, 0.15) is 0 Å². The molecular formula is C10H8N2O4S. The van der Waals surface area contributed by atoms with Crippen molar-refractivity contribution in [2.45, 2.75) is 6.54 Å². The van der Waals surface area contributed by atoms with E-state index in [1.54, 1.807) is 17.5 Å². The molecule has 0 amide bonds. The highest BCUT2D eigenvalue weighted by Gasteiger charge is 2.09. The molecule has 0 spiro atoms. The SMILES string of the molecule is O=C(O)Cn1cc(-c2cccs2)c(=O)[nH]c1=O. The number of carbonyl (C=O) groups is 1. The molecule has 0 unspecified atom stereocenters. The van der Waals surface area contributed by atoms with E-state index < -0.39 is 23.8 Å². The maximum absolute atomic E-state index is 11.6. The first kappa shape index (κ1) is 11.3. The Morgan fingerprint density at radius 3 is 2.82 bits per heavy atom. The van der Waals surface area contributed by atoms with E-state index in [1.807, 2.05) is 0 Å². The highest BCUT2D eigenvalue weighted by Crippen LogP contribution is 2.19. The first-order chi connectivity index (χ1) is 8.08. The molecule has 0 saturated carbocycles. The number of nitrogens with zero attached hydrogens (tertiary/aromatic N) is 1. The van der Waals surface area contributed by atoms with Crippen LogP contribution in [0.3, 0.4) is 0 Å². The van der Waals surface area contributed by atoms with E-state index in [0.717, 1.165) is 4.57 Å². The Morgan fingerprint density at radius 1 is 1.47 bits per heavy atom. The van der Waals surface area contributed by atoms with E-state index in [1.165, 1.54) is 17.5 Å². The molecule has 2 N–H and O–H groups in total.